The van der Waals surface area contributed by atoms with E-state index in [0.717, 1.165) is 0 Å². The Morgan fingerprint density at radius 3 is 2.25 bits per heavy atom. The van der Waals surface area contributed by atoms with Crippen LogP contribution >= 0.6 is 11.6 Å². The molecule has 0 aliphatic heterocycles. The second-order valence-electron chi connectivity index (χ2n) is 6.49. The van der Waals surface area contributed by atoms with Crippen LogP contribution in [0.4, 0.5) is 5.69 Å². The molecule has 166 valence electrons. The van der Waals surface area contributed by atoms with Gasteiger partial charge in [-0.05, 0) is 54.6 Å². The molecule has 0 spiro atoms. The first-order valence-corrected chi connectivity index (χ1v) is 11.1. The third kappa shape index (κ3) is 5.99. The highest BCUT2D eigenvalue weighted by atomic mass is 35.5. The lowest BCUT2D eigenvalue weighted by Crippen LogP contribution is -2.19. The number of hydrazone groups is 1. The van der Waals surface area contributed by atoms with Crippen molar-refractivity contribution in [1.82, 2.24) is 5.43 Å². The van der Waals surface area contributed by atoms with Gasteiger partial charge >= 0.3 is 0 Å². The zero-order valence-electron chi connectivity index (χ0n) is 17.2. The van der Waals surface area contributed by atoms with E-state index in [0.29, 0.717) is 27.8 Å². The van der Waals surface area contributed by atoms with Crippen LogP contribution in [-0.2, 0) is 10.0 Å². The van der Waals surface area contributed by atoms with E-state index in [-0.39, 0.29) is 10.5 Å². The topological polar surface area (TPSA) is 106 Å². The van der Waals surface area contributed by atoms with Crippen LogP contribution in [0.5, 0.6) is 11.5 Å². The Labute approximate surface area is 190 Å². The quantitative estimate of drug-likeness (QED) is 0.381. The van der Waals surface area contributed by atoms with E-state index in [1.54, 1.807) is 42.5 Å². The Hall–Kier alpha value is -3.56. The summed E-state index contributed by atoms with van der Waals surface area (Å²) in [7, 11) is -0.844. The van der Waals surface area contributed by atoms with Crippen LogP contribution in [0.15, 0.2) is 76.7 Å². The summed E-state index contributed by atoms with van der Waals surface area (Å²) in [4.78, 5) is 12.4. The number of ether oxygens (including phenoxy) is 2. The van der Waals surface area contributed by atoms with Crippen LogP contribution in [-0.4, -0.2) is 34.8 Å². The average molecular weight is 474 g/mol. The Morgan fingerprint density at radius 2 is 1.62 bits per heavy atom. The number of halogens is 1. The molecule has 8 nitrogen and oxygen atoms in total. The summed E-state index contributed by atoms with van der Waals surface area (Å²) in [6, 6.07) is 17.0. The molecule has 3 aromatic rings. The predicted octanol–water partition coefficient (Wildman–Crippen LogP) is 3.92. The van der Waals surface area contributed by atoms with E-state index in [1.807, 2.05) is 0 Å². The van der Waals surface area contributed by atoms with Crippen molar-refractivity contribution >= 4 is 39.4 Å². The largest absolute Gasteiger partial charge is 0.497 e. The first-order chi connectivity index (χ1) is 15.3. The van der Waals surface area contributed by atoms with E-state index >= 15 is 0 Å². The molecule has 3 rings (SSSR count). The summed E-state index contributed by atoms with van der Waals surface area (Å²) in [5.74, 6) is 0.575. The number of hydrogen-bond donors (Lipinski definition) is 2. The smallest absolute Gasteiger partial charge is 0.271 e. The number of sulfonamides is 1. The number of nitrogens with one attached hydrogen (secondary N) is 2. The third-order valence-electron chi connectivity index (χ3n) is 4.26. The molecule has 0 fully saturated rings. The highest BCUT2D eigenvalue weighted by Crippen LogP contribution is 2.22. The molecule has 3 aromatic carbocycles. The van der Waals surface area contributed by atoms with Crippen molar-refractivity contribution in [3.63, 3.8) is 0 Å². The Morgan fingerprint density at radius 1 is 0.969 bits per heavy atom. The maximum atomic E-state index is 12.7. The van der Waals surface area contributed by atoms with E-state index in [2.05, 4.69) is 15.2 Å². The summed E-state index contributed by atoms with van der Waals surface area (Å²) in [6.45, 7) is 0. The summed E-state index contributed by atoms with van der Waals surface area (Å²) in [5, 5.41) is 4.41. The van der Waals surface area contributed by atoms with Crippen LogP contribution in [0.25, 0.3) is 0 Å². The molecule has 0 saturated carbocycles. The SMILES string of the molecule is COc1cc(/C=N/NC(=O)c2cccc(S(=O)(=O)Nc3ccc(Cl)cc3)c2)cc(OC)c1. The highest BCUT2D eigenvalue weighted by Gasteiger charge is 2.16. The number of carbonyl (C=O) groups is 1. The van der Waals surface area contributed by atoms with Crippen molar-refractivity contribution in [3.8, 4) is 11.5 Å². The monoisotopic (exact) mass is 473 g/mol. The van der Waals surface area contributed by atoms with Crippen molar-refractivity contribution in [3.05, 3.63) is 82.9 Å². The van der Waals surface area contributed by atoms with Crippen LogP contribution < -0.4 is 19.6 Å². The van der Waals surface area contributed by atoms with E-state index < -0.39 is 15.9 Å². The molecule has 0 heterocycles. The van der Waals surface area contributed by atoms with E-state index in [9.17, 15) is 13.2 Å². The lowest BCUT2D eigenvalue weighted by Gasteiger charge is -2.09. The molecule has 0 bridgehead atoms. The molecular weight excluding hydrogens is 454 g/mol. The third-order valence-corrected chi connectivity index (χ3v) is 5.89. The molecule has 0 aliphatic carbocycles. The van der Waals surface area contributed by atoms with Gasteiger partial charge in [-0.2, -0.15) is 5.10 Å². The van der Waals surface area contributed by atoms with Crippen molar-refractivity contribution in [2.75, 3.05) is 18.9 Å². The van der Waals surface area contributed by atoms with E-state index in [1.165, 1.54) is 44.7 Å². The molecule has 0 unspecified atom stereocenters. The second kappa shape index (κ2) is 10.2. The molecule has 0 atom stereocenters. The number of amides is 1. The zero-order valence-corrected chi connectivity index (χ0v) is 18.8. The fraction of sp³-hybridized carbons (Fsp3) is 0.0909. The summed E-state index contributed by atoms with van der Waals surface area (Å²) in [5.41, 5.74) is 3.50. The minimum Gasteiger partial charge on any atom is -0.497 e. The van der Waals surface area contributed by atoms with Gasteiger partial charge in [0.25, 0.3) is 15.9 Å². The lowest BCUT2D eigenvalue weighted by molar-refractivity contribution is 0.0955. The zero-order chi connectivity index (χ0) is 23.1. The molecule has 0 aliphatic rings. The Bertz CT molecular complexity index is 1220. The molecule has 2 N–H and O–H groups in total. The molecule has 0 aromatic heterocycles. The fourth-order valence-electron chi connectivity index (χ4n) is 2.67. The highest BCUT2D eigenvalue weighted by molar-refractivity contribution is 7.92. The Balaban J connectivity index is 1.72. The van der Waals surface area contributed by atoms with Crippen molar-refractivity contribution in [1.29, 1.82) is 0 Å². The summed E-state index contributed by atoms with van der Waals surface area (Å²) < 4.78 is 38.1. The number of benzene rings is 3. The van der Waals surface area contributed by atoms with Crippen molar-refractivity contribution in [2.45, 2.75) is 4.90 Å². The minimum absolute atomic E-state index is 0.0680. The molecule has 32 heavy (non-hydrogen) atoms. The van der Waals surface area contributed by atoms with Crippen LogP contribution in [0.3, 0.4) is 0 Å². The van der Waals surface area contributed by atoms with Gasteiger partial charge in [-0.3, -0.25) is 9.52 Å². The van der Waals surface area contributed by atoms with Gasteiger partial charge in [-0.25, -0.2) is 13.8 Å². The number of anilines is 1. The summed E-state index contributed by atoms with van der Waals surface area (Å²) >= 11 is 5.82. The van der Waals surface area contributed by atoms with Crippen molar-refractivity contribution < 1.29 is 22.7 Å². The standard InChI is InChI=1S/C22H20ClN3O5S/c1-30-19-10-15(11-20(13-19)31-2)14-24-25-22(27)16-4-3-5-21(12-16)32(28,29)26-18-8-6-17(23)7-9-18/h3-14,26H,1-2H3,(H,25,27)/b24-14+. The fourth-order valence-corrected chi connectivity index (χ4v) is 3.90. The Kier molecular flexibility index (Phi) is 7.34. The van der Waals surface area contributed by atoms with Gasteiger partial charge in [0.05, 0.1) is 25.3 Å². The number of rotatable bonds is 8. The van der Waals surface area contributed by atoms with Gasteiger partial charge < -0.3 is 9.47 Å². The lowest BCUT2D eigenvalue weighted by atomic mass is 10.2. The normalized spacial score (nSPS) is 11.2. The van der Waals surface area contributed by atoms with Crippen LogP contribution in [0.1, 0.15) is 15.9 Å². The predicted molar refractivity (Wildman–Crippen MR) is 123 cm³/mol. The van der Waals surface area contributed by atoms with Crippen LogP contribution in [0, 0.1) is 0 Å². The van der Waals surface area contributed by atoms with Crippen molar-refractivity contribution in [2.24, 2.45) is 5.10 Å². The maximum absolute atomic E-state index is 12.7. The average Bonchev–Trinajstić information content (AvgIpc) is 2.80. The van der Waals surface area contributed by atoms with Gasteiger partial charge in [0, 0.05) is 27.9 Å². The van der Waals surface area contributed by atoms with Gasteiger partial charge in [0.1, 0.15) is 11.5 Å². The molecular formula is C22H20ClN3O5S. The first-order valence-electron chi connectivity index (χ1n) is 9.25. The van der Waals surface area contributed by atoms with Gasteiger partial charge in [-0.15, -0.1) is 0 Å². The van der Waals surface area contributed by atoms with Crippen LogP contribution in [0.2, 0.25) is 5.02 Å². The minimum atomic E-state index is -3.90. The van der Waals surface area contributed by atoms with Gasteiger partial charge in [0.15, 0.2) is 0 Å². The van der Waals surface area contributed by atoms with E-state index in [4.69, 9.17) is 21.1 Å². The maximum Gasteiger partial charge on any atom is 0.271 e. The molecule has 0 saturated heterocycles. The number of methoxy groups -OCH3 is 2. The van der Waals surface area contributed by atoms with Gasteiger partial charge in [-0.1, -0.05) is 17.7 Å². The van der Waals surface area contributed by atoms with Gasteiger partial charge in [0.2, 0.25) is 0 Å². The second-order valence-corrected chi connectivity index (χ2v) is 8.60. The first kappa shape index (κ1) is 23.1. The molecule has 10 heteroatoms. The number of hydrogen-bond acceptors (Lipinski definition) is 6. The number of nitrogens with zero attached hydrogens (tertiary/aromatic N) is 1. The summed E-state index contributed by atoms with van der Waals surface area (Å²) in [6.07, 6.45) is 1.42. The molecule has 1 amide bonds. The molecule has 0 radical (unpaired) electrons. The number of carbonyl (C=O) groups excluding carboxylic acids is 1.